The van der Waals surface area contributed by atoms with Crippen LogP contribution in [0, 0.1) is 0 Å². The second-order valence-corrected chi connectivity index (χ2v) is 4.61. The highest BCUT2D eigenvalue weighted by Gasteiger charge is 2.21. The average Bonchev–Trinajstić information content (AvgIpc) is 2.56. The summed E-state index contributed by atoms with van der Waals surface area (Å²) in [6, 6.07) is 4.31. The molecular formula is C13H21N3O. The minimum absolute atomic E-state index is 0.212. The van der Waals surface area contributed by atoms with E-state index < -0.39 is 0 Å². The highest BCUT2D eigenvalue weighted by molar-refractivity contribution is 5.50. The number of hydrogen-bond donors (Lipinski definition) is 2. The van der Waals surface area contributed by atoms with Crippen LogP contribution < -0.4 is 15.8 Å². The molecule has 1 heterocycles. The molecule has 2 atom stereocenters. The number of hydrogen-bond acceptors (Lipinski definition) is 4. The molecule has 0 aliphatic heterocycles. The number of rotatable bonds is 3. The topological polar surface area (TPSA) is 60.2 Å². The third-order valence-corrected chi connectivity index (χ3v) is 3.38. The second-order valence-electron chi connectivity index (χ2n) is 4.61. The summed E-state index contributed by atoms with van der Waals surface area (Å²) in [7, 11) is 1.66. The Morgan fingerprint density at radius 2 is 2.18 bits per heavy atom. The zero-order chi connectivity index (χ0) is 12.1. The summed E-state index contributed by atoms with van der Waals surface area (Å²) >= 11 is 0. The van der Waals surface area contributed by atoms with Crippen LogP contribution in [0.3, 0.4) is 0 Å². The van der Waals surface area contributed by atoms with Gasteiger partial charge in [-0.05, 0) is 25.0 Å². The van der Waals surface area contributed by atoms with Gasteiger partial charge in [0.05, 0.1) is 7.11 Å². The summed E-state index contributed by atoms with van der Waals surface area (Å²) < 4.78 is 5.29. The van der Waals surface area contributed by atoms with E-state index in [0.717, 1.165) is 24.4 Å². The first-order valence-electron chi connectivity index (χ1n) is 6.32. The third kappa shape index (κ3) is 3.09. The Balaban J connectivity index is 2.07. The van der Waals surface area contributed by atoms with Gasteiger partial charge >= 0.3 is 0 Å². The van der Waals surface area contributed by atoms with Gasteiger partial charge in [0.1, 0.15) is 0 Å². The molecule has 4 nitrogen and oxygen atoms in total. The van der Waals surface area contributed by atoms with Crippen molar-refractivity contribution in [2.45, 2.75) is 44.2 Å². The molecule has 0 spiro atoms. The summed E-state index contributed by atoms with van der Waals surface area (Å²) in [6.45, 7) is 0. The highest BCUT2D eigenvalue weighted by Crippen LogP contribution is 2.25. The van der Waals surface area contributed by atoms with Crippen LogP contribution >= 0.6 is 0 Å². The van der Waals surface area contributed by atoms with E-state index >= 15 is 0 Å². The molecule has 0 aromatic carbocycles. The fraction of sp³-hybridized carbons (Fsp3) is 0.615. The van der Waals surface area contributed by atoms with Crippen molar-refractivity contribution in [1.82, 2.24) is 4.98 Å². The summed E-state index contributed by atoms with van der Waals surface area (Å²) in [5.74, 6) is 1.58. The largest absolute Gasteiger partial charge is 0.493 e. The molecule has 0 amide bonds. The van der Waals surface area contributed by atoms with Crippen molar-refractivity contribution in [2.75, 3.05) is 12.4 Å². The average molecular weight is 235 g/mol. The number of anilines is 1. The Morgan fingerprint density at radius 1 is 1.35 bits per heavy atom. The molecule has 1 saturated carbocycles. The van der Waals surface area contributed by atoms with Crippen LogP contribution in [-0.4, -0.2) is 24.2 Å². The maximum Gasteiger partial charge on any atom is 0.169 e. The lowest BCUT2D eigenvalue weighted by atomic mass is 10.0. The number of nitrogens with zero attached hydrogens (tertiary/aromatic N) is 1. The molecule has 0 radical (unpaired) electrons. The lowest BCUT2D eigenvalue weighted by Crippen LogP contribution is -2.39. The number of nitrogens with two attached hydrogens (primary N) is 1. The van der Waals surface area contributed by atoms with Gasteiger partial charge in [0.25, 0.3) is 0 Å². The van der Waals surface area contributed by atoms with E-state index in [2.05, 4.69) is 10.3 Å². The SMILES string of the molecule is COc1cccnc1NC1CCCCCC1N. The van der Waals surface area contributed by atoms with E-state index in [-0.39, 0.29) is 6.04 Å². The molecule has 2 rings (SSSR count). The molecule has 2 unspecified atom stereocenters. The summed E-state index contributed by atoms with van der Waals surface area (Å²) in [6.07, 6.45) is 7.73. The van der Waals surface area contributed by atoms with Crippen LogP contribution in [0.15, 0.2) is 18.3 Å². The predicted molar refractivity (Wildman–Crippen MR) is 69.3 cm³/mol. The van der Waals surface area contributed by atoms with Crippen molar-refractivity contribution in [3.63, 3.8) is 0 Å². The monoisotopic (exact) mass is 235 g/mol. The van der Waals surface area contributed by atoms with Crippen LogP contribution in [0.2, 0.25) is 0 Å². The maximum absolute atomic E-state index is 6.19. The van der Waals surface area contributed by atoms with Gasteiger partial charge in [0.2, 0.25) is 0 Å². The fourth-order valence-electron chi connectivity index (χ4n) is 2.35. The second kappa shape index (κ2) is 5.87. The van der Waals surface area contributed by atoms with E-state index in [4.69, 9.17) is 10.5 Å². The van der Waals surface area contributed by atoms with Crippen molar-refractivity contribution in [3.8, 4) is 5.75 Å². The third-order valence-electron chi connectivity index (χ3n) is 3.38. The quantitative estimate of drug-likeness (QED) is 0.788. The summed E-state index contributed by atoms with van der Waals surface area (Å²) in [5, 5.41) is 3.43. The maximum atomic E-state index is 6.19. The predicted octanol–water partition coefficient (Wildman–Crippen LogP) is 2.16. The number of ether oxygens (including phenoxy) is 1. The van der Waals surface area contributed by atoms with E-state index in [1.165, 1.54) is 19.3 Å². The zero-order valence-electron chi connectivity index (χ0n) is 10.4. The molecule has 3 N–H and O–H groups in total. The van der Waals surface area contributed by atoms with Gasteiger partial charge in [-0.25, -0.2) is 4.98 Å². The summed E-state index contributed by atoms with van der Waals surface area (Å²) in [4.78, 5) is 4.32. The smallest absolute Gasteiger partial charge is 0.169 e. The molecule has 0 saturated heterocycles. The van der Waals surface area contributed by atoms with Crippen LogP contribution in [0.5, 0.6) is 5.75 Å². The minimum atomic E-state index is 0.212. The van der Waals surface area contributed by atoms with Crippen molar-refractivity contribution < 1.29 is 4.74 Å². The Kier molecular flexibility index (Phi) is 4.20. The van der Waals surface area contributed by atoms with E-state index in [9.17, 15) is 0 Å². The molecule has 1 fully saturated rings. The van der Waals surface area contributed by atoms with Crippen LogP contribution in [-0.2, 0) is 0 Å². The van der Waals surface area contributed by atoms with Crippen molar-refractivity contribution in [1.29, 1.82) is 0 Å². The number of pyridine rings is 1. The molecular weight excluding hydrogens is 214 g/mol. The molecule has 0 bridgehead atoms. The van der Waals surface area contributed by atoms with Crippen molar-refractivity contribution >= 4 is 5.82 Å². The lowest BCUT2D eigenvalue weighted by Gasteiger charge is -2.24. The van der Waals surface area contributed by atoms with Crippen molar-refractivity contribution in [2.24, 2.45) is 5.73 Å². The Labute approximate surface area is 103 Å². The zero-order valence-corrected chi connectivity index (χ0v) is 10.4. The molecule has 1 aliphatic rings. The van der Waals surface area contributed by atoms with Gasteiger partial charge in [-0.2, -0.15) is 0 Å². The molecule has 94 valence electrons. The molecule has 17 heavy (non-hydrogen) atoms. The van der Waals surface area contributed by atoms with E-state index in [1.54, 1.807) is 13.3 Å². The minimum Gasteiger partial charge on any atom is -0.493 e. The standard InChI is InChI=1S/C13H21N3O/c1-17-12-8-5-9-15-13(12)16-11-7-4-2-3-6-10(11)14/h5,8-11H,2-4,6-7,14H2,1H3,(H,15,16). The van der Waals surface area contributed by atoms with Gasteiger partial charge in [-0.15, -0.1) is 0 Å². The fourth-order valence-corrected chi connectivity index (χ4v) is 2.35. The first kappa shape index (κ1) is 12.2. The van der Waals surface area contributed by atoms with Gasteiger partial charge in [-0.3, -0.25) is 0 Å². The number of aromatic nitrogens is 1. The van der Waals surface area contributed by atoms with Gasteiger partial charge in [0.15, 0.2) is 11.6 Å². The van der Waals surface area contributed by atoms with E-state index in [0.29, 0.717) is 6.04 Å². The number of methoxy groups -OCH3 is 1. The Bertz CT molecular complexity index is 356. The first-order chi connectivity index (χ1) is 8.31. The summed E-state index contributed by atoms with van der Waals surface area (Å²) in [5.41, 5.74) is 6.19. The van der Waals surface area contributed by atoms with Gasteiger partial charge in [-0.1, -0.05) is 19.3 Å². The molecule has 1 aromatic rings. The van der Waals surface area contributed by atoms with Crippen molar-refractivity contribution in [3.05, 3.63) is 18.3 Å². The molecule has 1 aliphatic carbocycles. The Hall–Kier alpha value is -1.29. The van der Waals surface area contributed by atoms with Crippen LogP contribution in [0.4, 0.5) is 5.82 Å². The Morgan fingerprint density at radius 3 is 3.00 bits per heavy atom. The van der Waals surface area contributed by atoms with E-state index in [1.807, 2.05) is 12.1 Å². The lowest BCUT2D eigenvalue weighted by molar-refractivity contribution is 0.413. The van der Waals surface area contributed by atoms with Crippen LogP contribution in [0.25, 0.3) is 0 Å². The highest BCUT2D eigenvalue weighted by atomic mass is 16.5. The molecule has 1 aromatic heterocycles. The number of nitrogens with one attached hydrogen (secondary N) is 1. The first-order valence-corrected chi connectivity index (χ1v) is 6.32. The van der Waals surface area contributed by atoms with Gasteiger partial charge in [0, 0.05) is 18.3 Å². The van der Waals surface area contributed by atoms with Gasteiger partial charge < -0.3 is 15.8 Å². The molecule has 4 heteroatoms. The van der Waals surface area contributed by atoms with Crippen LogP contribution in [0.1, 0.15) is 32.1 Å². The normalized spacial score (nSPS) is 25.1.